The summed E-state index contributed by atoms with van der Waals surface area (Å²) in [6.45, 7) is 2.11. The highest BCUT2D eigenvalue weighted by Crippen LogP contribution is 2.26. The number of anilines is 1. The number of piperidine rings is 1. The van der Waals surface area contributed by atoms with Crippen LogP contribution in [0.2, 0.25) is 0 Å². The molecule has 1 amide bonds. The van der Waals surface area contributed by atoms with Gasteiger partial charge >= 0.3 is 0 Å². The van der Waals surface area contributed by atoms with Crippen LogP contribution in [0.3, 0.4) is 0 Å². The molecule has 5 rings (SSSR count). The first-order valence-electron chi connectivity index (χ1n) is 10.8. The molecule has 164 valence electrons. The third-order valence-electron chi connectivity index (χ3n) is 5.90. The number of carbonyl (C=O) groups is 1. The maximum absolute atomic E-state index is 12.9. The number of likely N-dealkylation sites (tertiary alicyclic amines) is 1. The van der Waals surface area contributed by atoms with Gasteiger partial charge in [0.2, 0.25) is 0 Å². The quantitative estimate of drug-likeness (QED) is 0.504. The van der Waals surface area contributed by atoms with Gasteiger partial charge < -0.3 is 15.0 Å². The highest BCUT2D eigenvalue weighted by Gasteiger charge is 2.18. The van der Waals surface area contributed by atoms with Crippen LogP contribution in [0, 0.1) is 0 Å². The molecular formula is C24H26N6O2. The van der Waals surface area contributed by atoms with Crippen molar-refractivity contribution >= 4 is 22.5 Å². The minimum atomic E-state index is -0.261. The first kappa shape index (κ1) is 20.3. The van der Waals surface area contributed by atoms with Crippen LogP contribution in [0.4, 0.5) is 5.69 Å². The van der Waals surface area contributed by atoms with Gasteiger partial charge in [-0.2, -0.15) is 10.2 Å². The van der Waals surface area contributed by atoms with Crippen LogP contribution in [0.25, 0.3) is 22.0 Å². The van der Waals surface area contributed by atoms with E-state index in [1.807, 2.05) is 55.7 Å². The van der Waals surface area contributed by atoms with Crippen LogP contribution in [0.1, 0.15) is 23.3 Å². The van der Waals surface area contributed by atoms with E-state index in [-0.39, 0.29) is 12.0 Å². The first-order chi connectivity index (χ1) is 15.5. The molecule has 0 saturated carbocycles. The fraction of sp³-hybridized carbons (Fsp3) is 0.292. The van der Waals surface area contributed by atoms with Crippen molar-refractivity contribution in [2.24, 2.45) is 7.05 Å². The number of H-pyrrole nitrogens is 1. The molecule has 32 heavy (non-hydrogen) atoms. The van der Waals surface area contributed by atoms with E-state index < -0.39 is 0 Å². The van der Waals surface area contributed by atoms with Crippen molar-refractivity contribution in [1.82, 2.24) is 24.9 Å². The molecule has 2 aromatic heterocycles. The van der Waals surface area contributed by atoms with Crippen LogP contribution in [0.5, 0.6) is 5.75 Å². The molecule has 1 aliphatic rings. The van der Waals surface area contributed by atoms with E-state index in [1.54, 1.807) is 10.9 Å². The zero-order valence-electron chi connectivity index (χ0n) is 18.2. The Kier molecular flexibility index (Phi) is 5.36. The third kappa shape index (κ3) is 4.22. The minimum Gasteiger partial charge on any atom is -0.490 e. The van der Waals surface area contributed by atoms with Crippen LogP contribution >= 0.6 is 0 Å². The fourth-order valence-corrected chi connectivity index (χ4v) is 4.04. The molecule has 1 saturated heterocycles. The number of carbonyl (C=O) groups excluding carboxylic acids is 1. The number of rotatable bonds is 5. The maximum Gasteiger partial charge on any atom is 0.276 e. The molecular weight excluding hydrogens is 404 g/mol. The van der Waals surface area contributed by atoms with Gasteiger partial charge in [0.25, 0.3) is 5.91 Å². The number of hydrogen-bond donors (Lipinski definition) is 2. The van der Waals surface area contributed by atoms with E-state index in [2.05, 4.69) is 32.6 Å². The summed E-state index contributed by atoms with van der Waals surface area (Å²) in [7, 11) is 4.01. The maximum atomic E-state index is 12.9. The Morgan fingerprint density at radius 1 is 1.09 bits per heavy atom. The summed E-state index contributed by atoms with van der Waals surface area (Å²) in [4.78, 5) is 15.2. The predicted molar refractivity (Wildman–Crippen MR) is 124 cm³/mol. The van der Waals surface area contributed by atoms with Crippen LogP contribution < -0.4 is 10.1 Å². The normalized spacial score (nSPS) is 15.2. The number of aromatic nitrogens is 4. The molecule has 4 aromatic rings. The predicted octanol–water partition coefficient (Wildman–Crippen LogP) is 3.69. The van der Waals surface area contributed by atoms with E-state index in [0.29, 0.717) is 11.4 Å². The monoisotopic (exact) mass is 430 g/mol. The number of ether oxygens (including phenoxy) is 1. The smallest absolute Gasteiger partial charge is 0.276 e. The molecule has 0 atom stereocenters. The Labute approximate surface area is 186 Å². The largest absolute Gasteiger partial charge is 0.490 e. The Bertz CT molecular complexity index is 1240. The van der Waals surface area contributed by atoms with Crippen molar-refractivity contribution in [3.63, 3.8) is 0 Å². The molecule has 8 heteroatoms. The molecule has 3 heterocycles. The minimum absolute atomic E-state index is 0.246. The van der Waals surface area contributed by atoms with E-state index in [1.165, 1.54) is 0 Å². The van der Waals surface area contributed by atoms with Crippen LogP contribution in [-0.4, -0.2) is 57.0 Å². The number of hydrogen-bond acceptors (Lipinski definition) is 5. The second-order valence-electron chi connectivity index (χ2n) is 8.33. The van der Waals surface area contributed by atoms with Crippen molar-refractivity contribution in [3.05, 3.63) is 60.6 Å². The van der Waals surface area contributed by atoms with Gasteiger partial charge in [-0.3, -0.25) is 14.6 Å². The van der Waals surface area contributed by atoms with Crippen molar-refractivity contribution in [2.75, 3.05) is 25.5 Å². The topological polar surface area (TPSA) is 88.1 Å². The van der Waals surface area contributed by atoms with Crippen molar-refractivity contribution in [1.29, 1.82) is 0 Å². The second kappa shape index (κ2) is 8.47. The summed E-state index contributed by atoms with van der Waals surface area (Å²) in [5.74, 6) is 0.562. The van der Waals surface area contributed by atoms with Gasteiger partial charge in [-0.25, -0.2) is 0 Å². The number of amides is 1. The lowest BCUT2D eigenvalue weighted by Crippen LogP contribution is -2.35. The zero-order chi connectivity index (χ0) is 22.1. The molecule has 2 N–H and O–H groups in total. The summed E-state index contributed by atoms with van der Waals surface area (Å²) >= 11 is 0. The summed E-state index contributed by atoms with van der Waals surface area (Å²) in [5, 5.41) is 15.1. The second-order valence-corrected chi connectivity index (χ2v) is 8.33. The molecule has 0 spiro atoms. The fourth-order valence-electron chi connectivity index (χ4n) is 4.04. The lowest BCUT2D eigenvalue weighted by atomic mass is 10.1. The van der Waals surface area contributed by atoms with Crippen molar-refractivity contribution in [3.8, 4) is 16.9 Å². The molecule has 8 nitrogen and oxygen atoms in total. The van der Waals surface area contributed by atoms with Crippen molar-refractivity contribution in [2.45, 2.75) is 18.9 Å². The van der Waals surface area contributed by atoms with Crippen molar-refractivity contribution < 1.29 is 9.53 Å². The molecule has 0 bridgehead atoms. The van der Waals surface area contributed by atoms with Gasteiger partial charge in [-0.05, 0) is 61.9 Å². The summed E-state index contributed by atoms with van der Waals surface area (Å²) < 4.78 is 7.84. The SMILES string of the molecule is CN1CCC(Oc2ccc(NC(=O)c3n[nH]c4ccc(-c5cnn(C)c5)cc34)cc2)CC1. The third-order valence-corrected chi connectivity index (χ3v) is 5.90. The lowest BCUT2D eigenvalue weighted by molar-refractivity contribution is 0.102. The number of aromatic amines is 1. The average molecular weight is 431 g/mol. The zero-order valence-corrected chi connectivity index (χ0v) is 18.2. The van der Waals surface area contributed by atoms with Gasteiger partial charge in [0.15, 0.2) is 5.69 Å². The molecule has 1 aliphatic heterocycles. The number of aryl methyl sites for hydroxylation is 1. The summed E-state index contributed by atoms with van der Waals surface area (Å²) in [6, 6.07) is 13.4. The Morgan fingerprint density at radius 3 is 2.59 bits per heavy atom. The highest BCUT2D eigenvalue weighted by molar-refractivity contribution is 6.11. The summed E-state index contributed by atoms with van der Waals surface area (Å²) in [6.07, 6.45) is 6.05. The van der Waals surface area contributed by atoms with Gasteiger partial charge in [0, 0.05) is 43.0 Å². The van der Waals surface area contributed by atoms with Gasteiger partial charge in [-0.1, -0.05) is 6.07 Å². The van der Waals surface area contributed by atoms with Crippen LogP contribution in [-0.2, 0) is 7.05 Å². The van der Waals surface area contributed by atoms with Gasteiger partial charge in [0.05, 0.1) is 11.7 Å². The molecule has 1 fully saturated rings. The Hall–Kier alpha value is -3.65. The Morgan fingerprint density at radius 2 is 1.88 bits per heavy atom. The number of benzene rings is 2. The average Bonchev–Trinajstić information content (AvgIpc) is 3.42. The van der Waals surface area contributed by atoms with Gasteiger partial charge in [0.1, 0.15) is 11.9 Å². The number of nitrogens with zero attached hydrogens (tertiary/aromatic N) is 4. The molecule has 0 aliphatic carbocycles. The summed E-state index contributed by atoms with van der Waals surface area (Å²) in [5.41, 5.74) is 3.84. The number of nitrogens with one attached hydrogen (secondary N) is 2. The molecule has 0 unspecified atom stereocenters. The van der Waals surface area contributed by atoms with E-state index in [0.717, 1.165) is 53.7 Å². The Balaban J connectivity index is 1.29. The number of fused-ring (bicyclic) bond motifs is 1. The van der Waals surface area contributed by atoms with E-state index in [4.69, 9.17) is 4.74 Å². The highest BCUT2D eigenvalue weighted by atomic mass is 16.5. The molecule has 0 radical (unpaired) electrons. The van der Waals surface area contributed by atoms with Crippen LogP contribution in [0.15, 0.2) is 54.9 Å². The molecule has 2 aromatic carbocycles. The first-order valence-corrected chi connectivity index (χ1v) is 10.8. The van der Waals surface area contributed by atoms with E-state index in [9.17, 15) is 4.79 Å². The standard InChI is InChI=1S/C24H26N6O2/c1-29-11-9-20(10-12-29)32-19-6-4-18(5-7-19)26-24(31)23-21-13-16(3-8-22(21)27-28-23)17-14-25-30(2)15-17/h3-8,13-15,20H,9-12H2,1-2H3,(H,26,31)(H,27,28). The van der Waals surface area contributed by atoms with E-state index >= 15 is 0 Å². The van der Waals surface area contributed by atoms with Gasteiger partial charge in [-0.15, -0.1) is 0 Å². The lowest BCUT2D eigenvalue weighted by Gasteiger charge is -2.29.